The van der Waals surface area contributed by atoms with E-state index >= 15 is 0 Å². The first-order chi connectivity index (χ1) is 19.1. The lowest BCUT2D eigenvalue weighted by Crippen LogP contribution is -2.31. The fraction of sp³-hybridized carbons (Fsp3) is 0.212. The van der Waals surface area contributed by atoms with E-state index < -0.39 is 11.5 Å². The smallest absolute Gasteiger partial charge is 0.324 e. The van der Waals surface area contributed by atoms with Crippen molar-refractivity contribution >= 4 is 39.4 Å². The summed E-state index contributed by atoms with van der Waals surface area (Å²) in [6, 6.07) is 25.5. The maximum absolute atomic E-state index is 13.5. The van der Waals surface area contributed by atoms with Crippen LogP contribution in [0.4, 0.5) is 10.5 Å². The Hall–Kier alpha value is -4.62. The third-order valence-electron chi connectivity index (χ3n) is 7.92. The second-order valence-corrected chi connectivity index (χ2v) is 11.0. The predicted molar refractivity (Wildman–Crippen MR) is 159 cm³/mol. The Labute approximate surface area is 232 Å². The molecule has 0 unspecified atom stereocenters. The second kappa shape index (κ2) is 9.54. The largest absolute Gasteiger partial charge is 0.386 e. The number of aromatic amines is 1. The Balaban J connectivity index is 1.45. The van der Waals surface area contributed by atoms with E-state index in [1.807, 2.05) is 89.5 Å². The van der Waals surface area contributed by atoms with Gasteiger partial charge in [0, 0.05) is 41.6 Å². The second-order valence-electron chi connectivity index (χ2n) is 11.0. The summed E-state index contributed by atoms with van der Waals surface area (Å²) in [4.78, 5) is 33.0. The molecule has 0 aliphatic carbocycles. The number of H-pyrrole nitrogens is 1. The van der Waals surface area contributed by atoms with Crippen LogP contribution in [0.2, 0.25) is 0 Å². The molecular weight excluding hydrogens is 500 g/mol. The highest BCUT2D eigenvalue weighted by Gasteiger charge is 2.31. The number of primary amides is 1. The van der Waals surface area contributed by atoms with E-state index in [0.29, 0.717) is 30.7 Å². The average molecular weight is 533 g/mol. The minimum absolute atomic E-state index is 0.00966. The highest BCUT2D eigenvalue weighted by Crippen LogP contribution is 2.41. The molecule has 7 heteroatoms. The number of carbonyl (C=O) groups is 2. The zero-order valence-electron chi connectivity index (χ0n) is 22.9. The van der Waals surface area contributed by atoms with Crippen LogP contribution in [0.15, 0.2) is 78.9 Å². The summed E-state index contributed by atoms with van der Waals surface area (Å²) >= 11 is 0. The monoisotopic (exact) mass is 532 g/mol. The lowest BCUT2D eigenvalue weighted by Gasteiger charge is -2.22. The summed E-state index contributed by atoms with van der Waals surface area (Å²) in [5, 5.41) is 12.4. The zero-order valence-corrected chi connectivity index (χ0v) is 22.9. The van der Waals surface area contributed by atoms with Crippen LogP contribution in [0.1, 0.15) is 40.9 Å². The van der Waals surface area contributed by atoms with Crippen LogP contribution in [-0.4, -0.2) is 40.0 Å². The van der Waals surface area contributed by atoms with Crippen molar-refractivity contribution in [3.8, 4) is 11.1 Å². The molecule has 2 heterocycles. The predicted octanol–water partition coefficient (Wildman–Crippen LogP) is 6.07. The van der Waals surface area contributed by atoms with Crippen molar-refractivity contribution in [2.75, 3.05) is 18.0 Å². The summed E-state index contributed by atoms with van der Waals surface area (Å²) in [5.41, 5.74) is 12.2. The molecule has 4 N–H and O–H groups in total. The normalized spacial score (nSPS) is 14.1. The maximum Gasteiger partial charge on any atom is 0.324 e. The van der Waals surface area contributed by atoms with E-state index in [9.17, 15) is 14.7 Å². The average Bonchev–Trinajstić information content (AvgIpc) is 3.48. The van der Waals surface area contributed by atoms with E-state index in [-0.39, 0.29) is 6.03 Å². The fourth-order valence-electron chi connectivity index (χ4n) is 5.79. The highest BCUT2D eigenvalue weighted by molar-refractivity contribution is 6.20. The molecular formula is C33H32N4O3. The number of nitrogens with two attached hydrogens (primary N) is 1. The van der Waals surface area contributed by atoms with Crippen molar-refractivity contribution in [2.45, 2.75) is 32.9 Å². The van der Waals surface area contributed by atoms with Gasteiger partial charge < -0.3 is 20.7 Å². The van der Waals surface area contributed by atoms with Gasteiger partial charge in [-0.2, -0.15) is 0 Å². The Morgan fingerprint density at radius 1 is 0.975 bits per heavy atom. The molecule has 6 rings (SSSR count). The summed E-state index contributed by atoms with van der Waals surface area (Å²) in [6.45, 7) is 7.36. The van der Waals surface area contributed by atoms with Gasteiger partial charge in [-0.05, 0) is 66.8 Å². The number of urea groups is 1. The van der Waals surface area contributed by atoms with E-state index in [1.54, 1.807) is 19.9 Å². The van der Waals surface area contributed by atoms with Crippen LogP contribution in [0, 0.1) is 6.92 Å². The molecule has 202 valence electrons. The van der Waals surface area contributed by atoms with Gasteiger partial charge in [-0.3, -0.25) is 9.69 Å². The standard InChI is InChI=1S/C33H32N4O3/c1-20-23(10-7-11-28(20)37-17-16-36(32(37)39)19-21-8-5-4-6-9-21)24-14-15-26(31(34)38)30-29(24)25-13-12-22(33(2,3)40)18-27(25)35-30/h4-15,18,35,40H,16-17,19H2,1-3H3,(H2,34,38). The van der Waals surface area contributed by atoms with Crippen LogP contribution in [0.25, 0.3) is 32.9 Å². The summed E-state index contributed by atoms with van der Waals surface area (Å²) in [5.74, 6) is -0.516. The lowest BCUT2D eigenvalue weighted by atomic mass is 9.92. The third kappa shape index (κ3) is 4.28. The number of nitrogens with one attached hydrogen (secondary N) is 1. The van der Waals surface area contributed by atoms with E-state index in [4.69, 9.17) is 5.73 Å². The van der Waals surface area contributed by atoms with Crippen LogP contribution in [0.3, 0.4) is 0 Å². The molecule has 1 aliphatic heterocycles. The van der Waals surface area contributed by atoms with Crippen LogP contribution < -0.4 is 10.6 Å². The van der Waals surface area contributed by atoms with Gasteiger partial charge in [-0.1, -0.05) is 60.7 Å². The first kappa shape index (κ1) is 25.6. The molecule has 0 spiro atoms. The number of hydrogen-bond donors (Lipinski definition) is 3. The Bertz CT molecular complexity index is 1780. The van der Waals surface area contributed by atoms with Crippen molar-refractivity contribution < 1.29 is 14.7 Å². The molecule has 0 bridgehead atoms. The number of aliphatic hydroxyl groups is 1. The number of rotatable bonds is 6. The van der Waals surface area contributed by atoms with Gasteiger partial charge in [-0.25, -0.2) is 4.79 Å². The number of carbonyl (C=O) groups excluding carboxylic acids is 2. The summed E-state index contributed by atoms with van der Waals surface area (Å²) in [6.07, 6.45) is 0. The SMILES string of the molecule is Cc1c(-c2ccc(C(N)=O)c3[nH]c4cc(C(C)(C)O)ccc4c23)cccc1N1CCN(Cc2ccccc2)C1=O. The van der Waals surface area contributed by atoms with Crippen molar-refractivity contribution in [3.63, 3.8) is 0 Å². The molecule has 3 amide bonds. The number of benzene rings is 4. The third-order valence-corrected chi connectivity index (χ3v) is 7.92. The van der Waals surface area contributed by atoms with Gasteiger partial charge in [0.2, 0.25) is 0 Å². The minimum atomic E-state index is -1.01. The van der Waals surface area contributed by atoms with Crippen molar-refractivity contribution in [1.29, 1.82) is 0 Å². The molecule has 4 aromatic carbocycles. The fourth-order valence-corrected chi connectivity index (χ4v) is 5.79. The van der Waals surface area contributed by atoms with Gasteiger partial charge in [0.25, 0.3) is 5.91 Å². The van der Waals surface area contributed by atoms with Crippen molar-refractivity contribution in [2.24, 2.45) is 5.73 Å². The number of amides is 3. The summed E-state index contributed by atoms with van der Waals surface area (Å²) < 4.78 is 0. The number of anilines is 1. The first-order valence-corrected chi connectivity index (χ1v) is 13.4. The molecule has 1 aromatic heterocycles. The van der Waals surface area contributed by atoms with Gasteiger partial charge in [0.15, 0.2) is 0 Å². The molecule has 1 saturated heterocycles. The van der Waals surface area contributed by atoms with Gasteiger partial charge in [0.05, 0.1) is 16.7 Å². The molecule has 7 nitrogen and oxygen atoms in total. The van der Waals surface area contributed by atoms with E-state index in [2.05, 4.69) is 4.98 Å². The molecule has 5 aromatic rings. The zero-order chi connectivity index (χ0) is 28.2. The lowest BCUT2D eigenvalue weighted by molar-refractivity contribution is 0.0787. The van der Waals surface area contributed by atoms with Gasteiger partial charge in [0.1, 0.15) is 0 Å². The van der Waals surface area contributed by atoms with Crippen molar-refractivity contribution in [1.82, 2.24) is 9.88 Å². The van der Waals surface area contributed by atoms with E-state index in [0.717, 1.165) is 49.8 Å². The molecule has 1 fully saturated rings. The maximum atomic E-state index is 13.5. The summed E-state index contributed by atoms with van der Waals surface area (Å²) in [7, 11) is 0. The van der Waals surface area contributed by atoms with Crippen LogP contribution in [0.5, 0.6) is 0 Å². The molecule has 0 atom stereocenters. The molecule has 0 saturated carbocycles. The molecule has 1 aliphatic rings. The highest BCUT2D eigenvalue weighted by atomic mass is 16.3. The van der Waals surface area contributed by atoms with Crippen molar-refractivity contribution in [3.05, 3.63) is 101 Å². The number of aromatic nitrogens is 1. The Kier molecular flexibility index (Phi) is 6.11. The van der Waals surface area contributed by atoms with Crippen LogP contribution >= 0.6 is 0 Å². The number of hydrogen-bond acceptors (Lipinski definition) is 3. The van der Waals surface area contributed by atoms with Crippen LogP contribution in [-0.2, 0) is 12.1 Å². The number of fused-ring (bicyclic) bond motifs is 3. The molecule has 0 radical (unpaired) electrons. The van der Waals surface area contributed by atoms with Gasteiger partial charge >= 0.3 is 6.03 Å². The Morgan fingerprint density at radius 2 is 1.75 bits per heavy atom. The van der Waals surface area contributed by atoms with Gasteiger partial charge in [-0.15, -0.1) is 0 Å². The van der Waals surface area contributed by atoms with E-state index in [1.165, 1.54) is 0 Å². The first-order valence-electron chi connectivity index (χ1n) is 13.4. The number of nitrogens with zero attached hydrogens (tertiary/aromatic N) is 2. The molecule has 40 heavy (non-hydrogen) atoms. The quantitative estimate of drug-likeness (QED) is 0.247. The topological polar surface area (TPSA) is 103 Å². The minimum Gasteiger partial charge on any atom is -0.386 e. The Morgan fingerprint density at radius 3 is 2.48 bits per heavy atom.